The van der Waals surface area contributed by atoms with Gasteiger partial charge in [-0.2, -0.15) is 32.7 Å². The predicted octanol–water partition coefficient (Wildman–Crippen LogP) is 4.66. The van der Waals surface area contributed by atoms with Crippen LogP contribution in [0.1, 0.15) is 5.01 Å². The Morgan fingerprint density at radius 1 is 1.00 bits per heavy atom. The lowest BCUT2D eigenvalue weighted by atomic mass is 10.1. The highest BCUT2D eigenvalue weighted by atomic mass is 32.2. The first kappa shape index (κ1) is 24.4. The van der Waals surface area contributed by atoms with Crippen LogP contribution in [0.15, 0.2) is 63.1 Å². The van der Waals surface area contributed by atoms with Gasteiger partial charge in [-0.1, -0.05) is 29.2 Å². The normalized spacial score (nSPS) is 15.3. The third-order valence-corrected chi connectivity index (χ3v) is 9.19. The Balaban J connectivity index is 1.68. The number of nitrogens with zero attached hydrogens (tertiary/aromatic N) is 2. The molecule has 0 aliphatic carbocycles. The quantitative estimate of drug-likeness (QED) is 0.254. The number of rotatable bonds is 6. The van der Waals surface area contributed by atoms with Gasteiger partial charge >= 0.3 is 10.1 Å². The molecule has 14 heteroatoms. The van der Waals surface area contributed by atoms with Gasteiger partial charge in [0.2, 0.25) is 5.52 Å². The average Bonchev–Trinajstić information content (AvgIpc) is 3.46. The third kappa shape index (κ3) is 5.28. The molecule has 0 bridgehead atoms. The molecule has 35 heavy (non-hydrogen) atoms. The van der Waals surface area contributed by atoms with Crippen molar-refractivity contribution in [1.29, 1.82) is 0 Å². The lowest BCUT2D eigenvalue weighted by molar-refractivity contribution is -0.649. The van der Waals surface area contributed by atoms with Gasteiger partial charge in [0.1, 0.15) is 10.5 Å². The van der Waals surface area contributed by atoms with Crippen LogP contribution in [0.3, 0.4) is 0 Å². The topological polar surface area (TPSA) is 116 Å². The van der Waals surface area contributed by atoms with Crippen molar-refractivity contribution in [2.24, 2.45) is 0 Å². The molecule has 0 fully saturated rings. The van der Waals surface area contributed by atoms with Crippen molar-refractivity contribution in [3.05, 3.63) is 69.1 Å². The zero-order valence-electron chi connectivity index (χ0n) is 17.5. The van der Waals surface area contributed by atoms with Gasteiger partial charge in [0.25, 0.3) is 21.0 Å². The fourth-order valence-corrected chi connectivity index (χ4v) is 7.97. The second-order valence-electron chi connectivity index (χ2n) is 7.61. The van der Waals surface area contributed by atoms with Gasteiger partial charge in [-0.15, -0.1) is 0 Å². The van der Waals surface area contributed by atoms with E-state index >= 15 is 0 Å². The fourth-order valence-electron chi connectivity index (χ4n) is 3.70. The van der Waals surface area contributed by atoms with E-state index in [1.54, 1.807) is 6.08 Å². The highest BCUT2D eigenvalue weighted by molar-refractivity contribution is 8.04. The van der Waals surface area contributed by atoms with Crippen LogP contribution in [-0.4, -0.2) is 31.8 Å². The van der Waals surface area contributed by atoms with Crippen LogP contribution in [0.5, 0.6) is 0 Å². The maximum atomic E-state index is 13.9. The molecule has 1 aliphatic rings. The third-order valence-electron chi connectivity index (χ3n) is 5.11. The van der Waals surface area contributed by atoms with Gasteiger partial charge < -0.3 is 4.90 Å². The largest absolute Gasteiger partial charge is 0.326 e. The predicted molar refractivity (Wildman–Crippen MR) is 136 cm³/mol. The van der Waals surface area contributed by atoms with E-state index in [0.717, 1.165) is 27.6 Å². The van der Waals surface area contributed by atoms with Crippen molar-refractivity contribution < 1.29 is 34.9 Å². The van der Waals surface area contributed by atoms with Crippen molar-refractivity contribution >= 4 is 76.7 Å². The zero-order chi connectivity index (χ0) is 25.0. The first-order valence-electron chi connectivity index (χ1n) is 9.83. The van der Waals surface area contributed by atoms with Crippen LogP contribution >= 0.6 is 34.4 Å². The van der Waals surface area contributed by atoms with E-state index in [0.29, 0.717) is 20.4 Å². The lowest BCUT2D eigenvalue weighted by Gasteiger charge is -2.18. The van der Waals surface area contributed by atoms with Gasteiger partial charge in [0.15, 0.2) is 5.88 Å². The average molecular weight is 572 g/mol. The SMILES string of the molecule is O=S(=O)(O)CN1C(=Cc2sc3ccc(-c4ccsc4)cc3[n+]2CS(=O)(=O)O)Sc2ccc(F)cc21. The summed E-state index contributed by atoms with van der Waals surface area (Å²) in [6.07, 6.45) is 1.56. The number of fused-ring (bicyclic) bond motifs is 2. The van der Waals surface area contributed by atoms with E-state index in [-0.39, 0.29) is 5.69 Å². The summed E-state index contributed by atoms with van der Waals surface area (Å²) in [6, 6.07) is 11.4. The highest BCUT2D eigenvalue weighted by Crippen LogP contribution is 2.47. The number of thioether (sulfide) groups is 1. The number of benzene rings is 2. The molecule has 1 aliphatic heterocycles. The summed E-state index contributed by atoms with van der Waals surface area (Å²) in [5.41, 5.74) is 2.66. The van der Waals surface area contributed by atoms with Crippen LogP contribution in [0.25, 0.3) is 27.4 Å². The van der Waals surface area contributed by atoms with Crippen LogP contribution in [0.4, 0.5) is 10.1 Å². The van der Waals surface area contributed by atoms with Gasteiger partial charge in [-0.05, 0) is 52.2 Å². The van der Waals surface area contributed by atoms with Crippen molar-refractivity contribution in [3.8, 4) is 11.1 Å². The monoisotopic (exact) mass is 571 g/mol. The summed E-state index contributed by atoms with van der Waals surface area (Å²) < 4.78 is 82.3. The molecular weight excluding hydrogens is 556 g/mol. The van der Waals surface area contributed by atoms with E-state index in [9.17, 15) is 30.3 Å². The number of thiazole rings is 1. The summed E-state index contributed by atoms with van der Waals surface area (Å²) >= 11 is 3.93. The number of halogens is 1. The maximum Gasteiger partial charge on any atom is 0.326 e. The van der Waals surface area contributed by atoms with Gasteiger partial charge in [-0.25, -0.2) is 4.39 Å². The molecule has 0 spiro atoms. The summed E-state index contributed by atoms with van der Waals surface area (Å²) in [5.74, 6) is -2.10. The summed E-state index contributed by atoms with van der Waals surface area (Å²) in [7, 11) is -8.90. The molecule has 0 saturated carbocycles. The Labute approximate surface area is 212 Å². The summed E-state index contributed by atoms with van der Waals surface area (Å²) in [5, 5.41) is 4.65. The first-order valence-corrected chi connectivity index (χ1v) is 15.6. The highest BCUT2D eigenvalue weighted by Gasteiger charge is 2.32. The molecular formula is C21H16FN2O6S5+. The fraction of sp³-hybridized carbons (Fsp3) is 0.0952. The van der Waals surface area contributed by atoms with E-state index in [1.165, 1.54) is 50.3 Å². The zero-order valence-corrected chi connectivity index (χ0v) is 21.6. The Morgan fingerprint density at radius 2 is 1.80 bits per heavy atom. The Kier molecular flexibility index (Phi) is 6.24. The second-order valence-corrected chi connectivity index (χ2v) is 13.4. The summed E-state index contributed by atoms with van der Waals surface area (Å²) in [4.78, 5) is 1.82. The maximum absolute atomic E-state index is 13.9. The molecule has 0 unspecified atom stereocenters. The molecule has 0 radical (unpaired) electrons. The van der Waals surface area contributed by atoms with Gasteiger partial charge in [0, 0.05) is 11.0 Å². The van der Waals surface area contributed by atoms with Gasteiger partial charge in [0.05, 0.1) is 16.8 Å². The van der Waals surface area contributed by atoms with Crippen molar-refractivity contribution in [2.45, 2.75) is 10.8 Å². The molecule has 0 saturated heterocycles. The molecule has 0 amide bonds. The lowest BCUT2D eigenvalue weighted by Crippen LogP contribution is -2.39. The van der Waals surface area contributed by atoms with Crippen LogP contribution in [0.2, 0.25) is 0 Å². The minimum Gasteiger partial charge on any atom is -0.317 e. The van der Waals surface area contributed by atoms with Crippen molar-refractivity contribution in [3.63, 3.8) is 0 Å². The Bertz CT molecular complexity index is 1700. The number of thiophene rings is 1. The van der Waals surface area contributed by atoms with Crippen LogP contribution in [-0.2, 0) is 26.1 Å². The number of hydrogen-bond donors (Lipinski definition) is 2. The Morgan fingerprint density at radius 3 is 2.49 bits per heavy atom. The molecule has 2 aromatic carbocycles. The van der Waals surface area contributed by atoms with E-state index in [2.05, 4.69) is 0 Å². The molecule has 5 rings (SSSR count). The molecule has 3 heterocycles. The molecule has 8 nitrogen and oxygen atoms in total. The standard InChI is InChI=1S/C21H15FN2O6S5/c22-15-2-4-19-17(8-15)24(12-35(28,29)30)21(33-19)9-20-23(11-34(25,26)27)16-7-13(1-3-18(16)32-20)14-5-6-31-10-14/h1-10H,11-12H2,(H-,25,26,27,28,29,30)/p+1. The van der Waals surface area contributed by atoms with E-state index in [4.69, 9.17) is 0 Å². The van der Waals surface area contributed by atoms with Crippen LogP contribution < -0.4 is 9.47 Å². The smallest absolute Gasteiger partial charge is 0.317 e. The molecule has 0 atom stereocenters. The minimum absolute atomic E-state index is 0.265. The number of hydrogen-bond acceptors (Lipinski definition) is 8. The minimum atomic E-state index is -4.47. The van der Waals surface area contributed by atoms with Crippen LogP contribution in [0, 0.1) is 5.82 Å². The van der Waals surface area contributed by atoms with Gasteiger partial charge in [-0.3, -0.25) is 9.11 Å². The summed E-state index contributed by atoms with van der Waals surface area (Å²) in [6.45, 7) is 0. The van der Waals surface area contributed by atoms with Crippen molar-refractivity contribution in [1.82, 2.24) is 0 Å². The molecule has 2 aromatic heterocycles. The number of aromatic nitrogens is 1. The first-order chi connectivity index (χ1) is 16.5. The number of anilines is 1. The molecule has 2 N–H and O–H groups in total. The second kappa shape index (κ2) is 8.96. The molecule has 182 valence electrons. The molecule has 4 aromatic rings. The van der Waals surface area contributed by atoms with E-state index in [1.807, 2.05) is 35.0 Å². The Hall–Kier alpha value is -2.33. The van der Waals surface area contributed by atoms with Crippen molar-refractivity contribution in [2.75, 3.05) is 10.8 Å². The van der Waals surface area contributed by atoms with E-state index < -0.39 is 37.8 Å².